The fourth-order valence-corrected chi connectivity index (χ4v) is 0.668. The van der Waals surface area contributed by atoms with E-state index in [4.69, 9.17) is 10.2 Å². The van der Waals surface area contributed by atoms with E-state index in [1.165, 1.54) is 0 Å². The summed E-state index contributed by atoms with van der Waals surface area (Å²) in [5.74, 6) is -2.24. The molecule has 0 aliphatic heterocycles. The van der Waals surface area contributed by atoms with Gasteiger partial charge in [-0.25, -0.2) is 0 Å². The molecule has 12 heavy (non-hydrogen) atoms. The van der Waals surface area contributed by atoms with E-state index in [9.17, 15) is 9.59 Å². The number of hydrogen-bond acceptors (Lipinski definition) is 3. The van der Waals surface area contributed by atoms with Crippen molar-refractivity contribution in [3.63, 3.8) is 0 Å². The minimum Gasteiger partial charge on any atom is -0.481 e. The van der Waals surface area contributed by atoms with Crippen molar-refractivity contribution in [2.75, 3.05) is 6.54 Å². The van der Waals surface area contributed by atoms with E-state index in [2.05, 4.69) is 5.32 Å². The number of aliphatic carboxylic acids is 2. The van der Waals surface area contributed by atoms with E-state index < -0.39 is 18.0 Å². The SMILES string of the molecule is C.CCNC(CC(=O)O)C(=O)O. The van der Waals surface area contributed by atoms with Gasteiger partial charge in [0.1, 0.15) is 6.04 Å². The van der Waals surface area contributed by atoms with Gasteiger partial charge in [0.15, 0.2) is 0 Å². The topological polar surface area (TPSA) is 86.6 Å². The van der Waals surface area contributed by atoms with Crippen molar-refractivity contribution in [2.45, 2.75) is 26.8 Å². The molecule has 0 radical (unpaired) electrons. The van der Waals surface area contributed by atoms with Crippen LogP contribution in [0.4, 0.5) is 0 Å². The fraction of sp³-hybridized carbons (Fsp3) is 0.714. The van der Waals surface area contributed by atoms with Crippen LogP contribution in [0.25, 0.3) is 0 Å². The standard InChI is InChI=1S/C6H11NO4.CH4/c1-2-7-4(6(10)11)3-5(8)9;/h4,7H,2-3H2,1H3,(H,8,9)(H,10,11);1H4. The summed E-state index contributed by atoms with van der Waals surface area (Å²) in [4.78, 5) is 20.4. The molecule has 72 valence electrons. The molecule has 0 fully saturated rings. The number of rotatable bonds is 5. The zero-order valence-corrected chi connectivity index (χ0v) is 6.20. The van der Waals surface area contributed by atoms with Gasteiger partial charge in [0.25, 0.3) is 0 Å². The number of nitrogens with one attached hydrogen (secondary N) is 1. The van der Waals surface area contributed by atoms with Crippen LogP contribution in [-0.2, 0) is 9.59 Å². The van der Waals surface area contributed by atoms with Gasteiger partial charge in [-0.3, -0.25) is 9.59 Å². The molecule has 1 atom stereocenters. The first kappa shape index (κ1) is 13.5. The third-order valence-corrected chi connectivity index (χ3v) is 1.13. The molecule has 0 rings (SSSR count). The lowest BCUT2D eigenvalue weighted by molar-refractivity contribution is -0.145. The third-order valence-electron chi connectivity index (χ3n) is 1.13. The molecule has 0 aromatic rings. The maximum Gasteiger partial charge on any atom is 0.321 e. The highest BCUT2D eigenvalue weighted by Gasteiger charge is 2.18. The van der Waals surface area contributed by atoms with Gasteiger partial charge in [-0.15, -0.1) is 0 Å². The number of hydrogen-bond donors (Lipinski definition) is 3. The normalized spacial score (nSPS) is 11.4. The van der Waals surface area contributed by atoms with Crippen LogP contribution in [0.2, 0.25) is 0 Å². The lowest BCUT2D eigenvalue weighted by Gasteiger charge is -2.08. The first-order chi connectivity index (χ1) is 5.07. The van der Waals surface area contributed by atoms with E-state index in [1.807, 2.05) is 0 Å². The second-order valence-corrected chi connectivity index (χ2v) is 2.05. The molecule has 0 aliphatic carbocycles. The fourth-order valence-electron chi connectivity index (χ4n) is 0.668. The molecule has 0 saturated carbocycles. The van der Waals surface area contributed by atoms with Crippen molar-refractivity contribution in [1.29, 1.82) is 0 Å². The molecule has 1 unspecified atom stereocenters. The summed E-state index contributed by atoms with van der Waals surface area (Å²) in [7, 11) is 0. The number of likely N-dealkylation sites (N-methyl/N-ethyl adjacent to an activating group) is 1. The molecule has 5 nitrogen and oxygen atoms in total. The zero-order chi connectivity index (χ0) is 8.85. The zero-order valence-electron chi connectivity index (χ0n) is 6.20. The second kappa shape index (κ2) is 6.60. The van der Waals surface area contributed by atoms with E-state index in [0.29, 0.717) is 6.54 Å². The summed E-state index contributed by atoms with van der Waals surface area (Å²) in [6.07, 6.45) is -0.386. The quantitative estimate of drug-likeness (QED) is 0.557. The first-order valence-electron chi connectivity index (χ1n) is 3.26. The maximum absolute atomic E-state index is 10.3. The Morgan fingerprint density at radius 2 is 1.92 bits per heavy atom. The van der Waals surface area contributed by atoms with Crippen LogP contribution in [0.5, 0.6) is 0 Å². The monoisotopic (exact) mass is 177 g/mol. The highest BCUT2D eigenvalue weighted by atomic mass is 16.4. The number of carboxylic acid groups (broad SMARTS) is 2. The summed E-state index contributed by atoms with van der Waals surface area (Å²) >= 11 is 0. The van der Waals surface area contributed by atoms with Gasteiger partial charge < -0.3 is 15.5 Å². The molecule has 0 amide bonds. The van der Waals surface area contributed by atoms with E-state index in [1.54, 1.807) is 6.92 Å². The Balaban J connectivity index is 0. The number of carbonyl (C=O) groups is 2. The minimum atomic E-state index is -1.13. The summed E-state index contributed by atoms with van der Waals surface area (Å²) < 4.78 is 0. The van der Waals surface area contributed by atoms with Gasteiger partial charge in [0, 0.05) is 0 Å². The minimum absolute atomic E-state index is 0. The van der Waals surface area contributed by atoms with Crippen molar-refractivity contribution in [2.24, 2.45) is 0 Å². The summed E-state index contributed by atoms with van der Waals surface area (Å²) in [5.41, 5.74) is 0. The second-order valence-electron chi connectivity index (χ2n) is 2.05. The van der Waals surface area contributed by atoms with Gasteiger partial charge >= 0.3 is 11.9 Å². The molecule has 0 aromatic heterocycles. The molecule has 0 spiro atoms. The van der Waals surface area contributed by atoms with Crippen LogP contribution in [0, 0.1) is 0 Å². The van der Waals surface area contributed by atoms with Crippen molar-refractivity contribution >= 4 is 11.9 Å². The Morgan fingerprint density at radius 3 is 2.17 bits per heavy atom. The van der Waals surface area contributed by atoms with E-state index in [0.717, 1.165) is 0 Å². The summed E-state index contributed by atoms with van der Waals surface area (Å²) in [5, 5.41) is 19.2. The van der Waals surface area contributed by atoms with Crippen molar-refractivity contribution in [3.05, 3.63) is 0 Å². The van der Waals surface area contributed by atoms with Crippen LogP contribution in [0.15, 0.2) is 0 Å². The van der Waals surface area contributed by atoms with Gasteiger partial charge in [-0.1, -0.05) is 14.4 Å². The molecular weight excluding hydrogens is 162 g/mol. The Morgan fingerprint density at radius 1 is 1.42 bits per heavy atom. The molecule has 0 aromatic carbocycles. The third kappa shape index (κ3) is 5.67. The molecule has 0 bridgehead atoms. The van der Waals surface area contributed by atoms with Gasteiger partial charge in [0.05, 0.1) is 6.42 Å². The molecule has 5 heteroatoms. The van der Waals surface area contributed by atoms with Crippen LogP contribution in [0.1, 0.15) is 20.8 Å². The summed E-state index contributed by atoms with van der Waals surface area (Å²) in [6.45, 7) is 2.17. The predicted molar refractivity (Wildman–Crippen MR) is 44.1 cm³/mol. The van der Waals surface area contributed by atoms with Gasteiger partial charge in [0.2, 0.25) is 0 Å². The van der Waals surface area contributed by atoms with Crippen LogP contribution in [-0.4, -0.2) is 34.7 Å². The molecular formula is C7H15NO4. The average Bonchev–Trinajstić information content (AvgIpc) is 1.86. The molecule has 0 heterocycles. The molecule has 0 aliphatic rings. The Hall–Kier alpha value is -1.10. The molecule has 0 saturated heterocycles. The van der Waals surface area contributed by atoms with Crippen LogP contribution < -0.4 is 5.32 Å². The smallest absolute Gasteiger partial charge is 0.321 e. The van der Waals surface area contributed by atoms with Crippen LogP contribution in [0.3, 0.4) is 0 Å². The Kier molecular flexibility index (Phi) is 7.42. The Labute approximate surface area is 71.4 Å². The maximum atomic E-state index is 10.3. The van der Waals surface area contributed by atoms with Crippen LogP contribution >= 0.6 is 0 Å². The average molecular weight is 177 g/mol. The number of carboxylic acids is 2. The summed E-state index contributed by atoms with van der Waals surface area (Å²) in [6, 6.07) is -0.975. The largest absolute Gasteiger partial charge is 0.481 e. The van der Waals surface area contributed by atoms with Crippen molar-refractivity contribution in [3.8, 4) is 0 Å². The highest BCUT2D eigenvalue weighted by molar-refractivity contribution is 5.80. The van der Waals surface area contributed by atoms with Crippen molar-refractivity contribution in [1.82, 2.24) is 5.32 Å². The van der Waals surface area contributed by atoms with Gasteiger partial charge in [-0.05, 0) is 6.54 Å². The first-order valence-corrected chi connectivity index (χ1v) is 3.26. The Bertz CT molecular complexity index is 157. The van der Waals surface area contributed by atoms with Gasteiger partial charge in [-0.2, -0.15) is 0 Å². The lowest BCUT2D eigenvalue weighted by Crippen LogP contribution is -2.38. The van der Waals surface area contributed by atoms with E-state index >= 15 is 0 Å². The molecule has 3 N–H and O–H groups in total. The van der Waals surface area contributed by atoms with E-state index in [-0.39, 0.29) is 13.8 Å². The lowest BCUT2D eigenvalue weighted by atomic mass is 10.2. The predicted octanol–water partition coefficient (Wildman–Crippen LogP) is 0.160. The van der Waals surface area contributed by atoms with Crippen molar-refractivity contribution < 1.29 is 19.8 Å². The highest BCUT2D eigenvalue weighted by Crippen LogP contribution is 1.91.